The van der Waals surface area contributed by atoms with Crippen molar-refractivity contribution in [2.45, 2.75) is 38.6 Å². The summed E-state index contributed by atoms with van der Waals surface area (Å²) in [6.45, 7) is 5.27. The molecule has 1 unspecified atom stereocenters. The van der Waals surface area contributed by atoms with Crippen molar-refractivity contribution in [3.63, 3.8) is 0 Å². The van der Waals surface area contributed by atoms with Crippen LogP contribution < -0.4 is 10.6 Å². The number of hydrogen-bond acceptors (Lipinski definition) is 1. The van der Waals surface area contributed by atoms with Crippen LogP contribution in [0.15, 0.2) is 29.3 Å². The van der Waals surface area contributed by atoms with Crippen molar-refractivity contribution >= 4 is 29.9 Å². The first-order valence-electron chi connectivity index (χ1n) is 6.73. The van der Waals surface area contributed by atoms with Gasteiger partial charge in [0.25, 0.3) is 0 Å². The maximum Gasteiger partial charge on any atom is 0.191 e. The Bertz CT molecular complexity index is 410. The second-order valence-electron chi connectivity index (χ2n) is 5.18. The Morgan fingerprint density at radius 1 is 1.32 bits per heavy atom. The Hall–Kier alpha value is -0.780. The molecular weight excluding hydrogens is 349 g/mol. The molecule has 0 bridgehead atoms. The lowest BCUT2D eigenvalue weighted by molar-refractivity contribution is 0.698. The van der Waals surface area contributed by atoms with Crippen LogP contribution in [0.2, 0.25) is 0 Å². The lowest BCUT2D eigenvalue weighted by Gasteiger charge is -2.16. The average molecular weight is 373 g/mol. The minimum Gasteiger partial charge on any atom is -0.356 e. The van der Waals surface area contributed by atoms with E-state index in [1.807, 2.05) is 7.05 Å². The minimum absolute atomic E-state index is 0. The van der Waals surface area contributed by atoms with Crippen LogP contribution in [-0.2, 0) is 0 Å². The number of benzene rings is 1. The molecule has 0 radical (unpaired) electrons. The van der Waals surface area contributed by atoms with Crippen molar-refractivity contribution in [2.24, 2.45) is 4.99 Å². The second kappa shape index (κ2) is 7.72. The molecule has 0 heterocycles. The van der Waals surface area contributed by atoms with Gasteiger partial charge < -0.3 is 10.6 Å². The molecule has 0 saturated heterocycles. The monoisotopic (exact) mass is 373 g/mol. The van der Waals surface area contributed by atoms with Gasteiger partial charge >= 0.3 is 0 Å². The molecule has 106 valence electrons. The molecule has 1 aromatic rings. The molecule has 1 aromatic carbocycles. The first-order chi connectivity index (χ1) is 8.69. The average Bonchev–Trinajstić information content (AvgIpc) is 3.18. The van der Waals surface area contributed by atoms with Gasteiger partial charge in [-0.05, 0) is 31.2 Å². The highest BCUT2D eigenvalue weighted by Crippen LogP contribution is 2.18. The lowest BCUT2D eigenvalue weighted by Crippen LogP contribution is -2.40. The maximum atomic E-state index is 4.24. The number of nitrogens with zero attached hydrogens (tertiary/aromatic N) is 1. The molecule has 0 aliphatic heterocycles. The standard InChI is InChI=1S/C15H23N3.HI/c1-11-4-6-13(7-5-11)12(2)10-17-15(16-3)18-14-8-9-14;/h4-7,12,14H,8-10H2,1-3H3,(H2,16,17,18);1H. The molecule has 0 aromatic heterocycles. The third-order valence-electron chi connectivity index (χ3n) is 3.36. The van der Waals surface area contributed by atoms with Crippen LogP contribution in [0.5, 0.6) is 0 Å². The fourth-order valence-corrected chi connectivity index (χ4v) is 1.88. The highest BCUT2D eigenvalue weighted by Gasteiger charge is 2.22. The van der Waals surface area contributed by atoms with Crippen molar-refractivity contribution in [1.82, 2.24) is 10.6 Å². The molecule has 19 heavy (non-hydrogen) atoms. The molecule has 2 rings (SSSR count). The number of rotatable bonds is 4. The number of nitrogens with one attached hydrogen (secondary N) is 2. The molecule has 1 aliphatic carbocycles. The van der Waals surface area contributed by atoms with Gasteiger partial charge in [-0.15, -0.1) is 24.0 Å². The topological polar surface area (TPSA) is 36.4 Å². The molecule has 2 N–H and O–H groups in total. The van der Waals surface area contributed by atoms with Gasteiger partial charge in [0, 0.05) is 19.6 Å². The van der Waals surface area contributed by atoms with Crippen LogP contribution in [0.1, 0.15) is 36.8 Å². The molecular formula is C15H24IN3. The largest absolute Gasteiger partial charge is 0.356 e. The summed E-state index contributed by atoms with van der Waals surface area (Å²) >= 11 is 0. The van der Waals surface area contributed by atoms with Crippen molar-refractivity contribution in [1.29, 1.82) is 0 Å². The summed E-state index contributed by atoms with van der Waals surface area (Å²) in [5, 5.41) is 6.79. The fraction of sp³-hybridized carbons (Fsp3) is 0.533. The van der Waals surface area contributed by atoms with Crippen LogP contribution >= 0.6 is 24.0 Å². The van der Waals surface area contributed by atoms with E-state index in [0.29, 0.717) is 12.0 Å². The second-order valence-corrected chi connectivity index (χ2v) is 5.18. The zero-order valence-electron chi connectivity index (χ0n) is 11.9. The van der Waals surface area contributed by atoms with Gasteiger partial charge in [0.15, 0.2) is 5.96 Å². The van der Waals surface area contributed by atoms with Gasteiger partial charge in [0.2, 0.25) is 0 Å². The molecule has 1 saturated carbocycles. The van der Waals surface area contributed by atoms with Gasteiger partial charge in [0.05, 0.1) is 0 Å². The summed E-state index contributed by atoms with van der Waals surface area (Å²) in [6, 6.07) is 9.40. The van der Waals surface area contributed by atoms with Gasteiger partial charge in [0.1, 0.15) is 0 Å². The van der Waals surface area contributed by atoms with Crippen molar-refractivity contribution in [3.8, 4) is 0 Å². The predicted molar refractivity (Wildman–Crippen MR) is 92.5 cm³/mol. The maximum absolute atomic E-state index is 4.24. The number of aliphatic imine (C=N–C) groups is 1. The number of guanidine groups is 1. The quantitative estimate of drug-likeness (QED) is 0.484. The van der Waals surface area contributed by atoms with Gasteiger partial charge in [-0.25, -0.2) is 0 Å². The van der Waals surface area contributed by atoms with Gasteiger partial charge in [-0.3, -0.25) is 4.99 Å². The van der Waals surface area contributed by atoms with E-state index in [1.165, 1.54) is 24.0 Å². The highest BCUT2D eigenvalue weighted by atomic mass is 127. The minimum atomic E-state index is 0. The number of hydrogen-bond donors (Lipinski definition) is 2. The normalized spacial score (nSPS) is 16.5. The molecule has 1 fully saturated rings. The summed E-state index contributed by atoms with van der Waals surface area (Å²) in [6.07, 6.45) is 2.54. The highest BCUT2D eigenvalue weighted by molar-refractivity contribution is 14.0. The molecule has 1 aliphatic rings. The molecule has 3 nitrogen and oxygen atoms in total. The van der Waals surface area contributed by atoms with Crippen LogP contribution in [0, 0.1) is 6.92 Å². The molecule has 0 spiro atoms. The third kappa shape index (κ3) is 5.38. The SMILES string of the molecule is CN=C(NCC(C)c1ccc(C)cc1)NC1CC1.I. The lowest BCUT2D eigenvalue weighted by atomic mass is 10.0. The van der Waals surface area contributed by atoms with E-state index in [9.17, 15) is 0 Å². The zero-order chi connectivity index (χ0) is 13.0. The van der Waals surface area contributed by atoms with E-state index in [0.717, 1.165) is 12.5 Å². The molecule has 4 heteroatoms. The van der Waals surface area contributed by atoms with Crippen LogP contribution in [0.4, 0.5) is 0 Å². The first kappa shape index (κ1) is 16.3. The first-order valence-corrected chi connectivity index (χ1v) is 6.73. The van der Waals surface area contributed by atoms with Gasteiger partial charge in [-0.1, -0.05) is 36.8 Å². The predicted octanol–water partition coefficient (Wildman–Crippen LogP) is 3.04. The van der Waals surface area contributed by atoms with Crippen molar-refractivity contribution < 1.29 is 0 Å². The van der Waals surface area contributed by atoms with Crippen LogP contribution in [0.25, 0.3) is 0 Å². The summed E-state index contributed by atoms with van der Waals surface area (Å²) in [7, 11) is 1.83. The Morgan fingerprint density at radius 2 is 1.95 bits per heavy atom. The van der Waals surface area contributed by atoms with Crippen molar-refractivity contribution in [3.05, 3.63) is 35.4 Å². The third-order valence-corrected chi connectivity index (χ3v) is 3.36. The van der Waals surface area contributed by atoms with Crippen LogP contribution in [0.3, 0.4) is 0 Å². The smallest absolute Gasteiger partial charge is 0.191 e. The number of halogens is 1. The molecule has 0 amide bonds. The Balaban J connectivity index is 0.00000180. The Labute approximate surface area is 133 Å². The summed E-state index contributed by atoms with van der Waals surface area (Å²) in [5.74, 6) is 1.42. The van der Waals surface area contributed by atoms with E-state index in [4.69, 9.17) is 0 Å². The fourth-order valence-electron chi connectivity index (χ4n) is 1.88. The van der Waals surface area contributed by atoms with E-state index >= 15 is 0 Å². The summed E-state index contributed by atoms with van der Waals surface area (Å²) in [5.41, 5.74) is 2.68. The van der Waals surface area contributed by atoms with E-state index < -0.39 is 0 Å². The van der Waals surface area contributed by atoms with E-state index in [2.05, 4.69) is 53.7 Å². The Morgan fingerprint density at radius 3 is 2.47 bits per heavy atom. The summed E-state index contributed by atoms with van der Waals surface area (Å²) in [4.78, 5) is 4.24. The van der Waals surface area contributed by atoms with Crippen LogP contribution in [-0.4, -0.2) is 25.6 Å². The number of aryl methyl sites for hydroxylation is 1. The van der Waals surface area contributed by atoms with Gasteiger partial charge in [-0.2, -0.15) is 0 Å². The molecule has 1 atom stereocenters. The van der Waals surface area contributed by atoms with Crippen molar-refractivity contribution in [2.75, 3.05) is 13.6 Å². The van der Waals surface area contributed by atoms with E-state index in [1.54, 1.807) is 0 Å². The van der Waals surface area contributed by atoms with E-state index in [-0.39, 0.29) is 24.0 Å². The zero-order valence-corrected chi connectivity index (χ0v) is 14.3. The summed E-state index contributed by atoms with van der Waals surface area (Å²) < 4.78 is 0. The Kier molecular flexibility index (Phi) is 6.62.